The molecule has 0 unspecified atom stereocenters. The molecule has 1 saturated heterocycles. The third kappa shape index (κ3) is 7.47. The van der Waals surface area contributed by atoms with Crippen LogP contribution < -0.4 is 4.74 Å². The van der Waals surface area contributed by atoms with Gasteiger partial charge in [0.25, 0.3) is 0 Å². The predicted octanol–water partition coefficient (Wildman–Crippen LogP) is 5.02. The highest BCUT2D eigenvalue weighted by molar-refractivity contribution is 6.30. The van der Waals surface area contributed by atoms with E-state index in [4.69, 9.17) is 21.1 Å². The largest absolute Gasteiger partial charge is 0.489 e. The first-order valence-electron chi connectivity index (χ1n) is 11.3. The maximum atomic E-state index is 11.9. The van der Waals surface area contributed by atoms with Crippen molar-refractivity contribution < 1.29 is 28.9 Å². The van der Waals surface area contributed by atoms with E-state index in [1.165, 1.54) is 7.11 Å². The molecule has 0 spiro atoms. The van der Waals surface area contributed by atoms with E-state index in [0.717, 1.165) is 49.0 Å². The van der Waals surface area contributed by atoms with Crippen LogP contribution in [0.1, 0.15) is 56.1 Å². The highest BCUT2D eigenvalue weighted by Crippen LogP contribution is 2.32. The summed E-state index contributed by atoms with van der Waals surface area (Å²) in [7, 11) is 1.23. The minimum Gasteiger partial charge on any atom is -0.489 e. The number of carbonyl (C=O) groups is 2. The molecule has 1 fully saturated rings. The zero-order chi connectivity index (χ0) is 23.7. The lowest BCUT2D eigenvalue weighted by atomic mass is 9.93. The molecular weight excluding hydrogens is 444 g/mol. The van der Waals surface area contributed by atoms with Crippen LogP contribution in [0.4, 0.5) is 0 Å². The molecular formula is C26H31ClO6. The normalized spacial score (nSPS) is 19.8. The summed E-state index contributed by atoms with van der Waals surface area (Å²) < 4.78 is 15.8. The van der Waals surface area contributed by atoms with Crippen molar-refractivity contribution in [2.45, 2.75) is 69.7 Å². The Morgan fingerprint density at radius 2 is 1.91 bits per heavy atom. The fourth-order valence-electron chi connectivity index (χ4n) is 4.02. The van der Waals surface area contributed by atoms with Crippen LogP contribution in [-0.4, -0.2) is 35.9 Å². The summed E-state index contributed by atoms with van der Waals surface area (Å²) in [6.45, 7) is 0.497. The van der Waals surface area contributed by atoms with E-state index in [2.05, 4.69) is 4.74 Å². The average Bonchev–Trinajstić information content (AvgIpc) is 3.09. The number of unbranched alkanes of at least 4 members (excludes halogenated alkanes) is 3. The van der Waals surface area contributed by atoms with E-state index >= 15 is 0 Å². The zero-order valence-electron chi connectivity index (χ0n) is 18.9. The molecule has 0 aliphatic carbocycles. The minimum absolute atomic E-state index is 0.133. The number of rotatable bonds is 12. The molecule has 2 atom stereocenters. The summed E-state index contributed by atoms with van der Waals surface area (Å²) in [6.07, 6.45) is 4.85. The van der Waals surface area contributed by atoms with Gasteiger partial charge in [-0.25, -0.2) is 4.79 Å². The molecule has 2 aromatic rings. The molecule has 2 aromatic carbocycles. The van der Waals surface area contributed by atoms with Crippen molar-refractivity contribution in [2.24, 2.45) is 0 Å². The highest BCUT2D eigenvalue weighted by atomic mass is 35.5. The first-order valence-corrected chi connectivity index (χ1v) is 11.7. The molecule has 7 heteroatoms. The van der Waals surface area contributed by atoms with Gasteiger partial charge in [0.05, 0.1) is 13.5 Å². The van der Waals surface area contributed by atoms with Crippen molar-refractivity contribution in [3.8, 4) is 5.75 Å². The predicted molar refractivity (Wildman–Crippen MR) is 125 cm³/mol. The third-order valence-corrected chi connectivity index (χ3v) is 6.11. The molecule has 0 saturated carbocycles. The topological polar surface area (TPSA) is 82.1 Å². The lowest BCUT2D eigenvalue weighted by Gasteiger charge is -2.15. The summed E-state index contributed by atoms with van der Waals surface area (Å²) in [5.74, 6) is -0.540. The van der Waals surface area contributed by atoms with Gasteiger partial charge in [0.1, 0.15) is 18.5 Å². The number of aliphatic hydroxyl groups is 1. The Balaban J connectivity index is 1.38. The molecule has 1 aliphatic heterocycles. The van der Waals surface area contributed by atoms with Crippen molar-refractivity contribution in [1.29, 1.82) is 0 Å². The summed E-state index contributed by atoms with van der Waals surface area (Å²) >= 11 is 6.17. The Kier molecular flexibility index (Phi) is 9.15. The Bertz CT molecular complexity index is 932. The van der Waals surface area contributed by atoms with Crippen LogP contribution in [0.15, 0.2) is 48.5 Å². The van der Waals surface area contributed by atoms with Gasteiger partial charge in [0.15, 0.2) is 5.60 Å². The highest BCUT2D eigenvalue weighted by Gasteiger charge is 2.49. The smallest absolute Gasteiger partial charge is 0.339 e. The molecule has 6 nitrogen and oxygen atoms in total. The van der Waals surface area contributed by atoms with Gasteiger partial charge in [0, 0.05) is 11.4 Å². The Morgan fingerprint density at radius 1 is 1.15 bits per heavy atom. The van der Waals surface area contributed by atoms with E-state index in [1.54, 1.807) is 0 Å². The number of carbonyl (C=O) groups excluding carboxylic acids is 2. The number of hydrogen-bond acceptors (Lipinski definition) is 6. The van der Waals surface area contributed by atoms with E-state index in [1.807, 2.05) is 48.5 Å². The monoisotopic (exact) mass is 474 g/mol. The SMILES string of the molecule is COC(=O)C[C@@]1(O)C[C@@H](CCCCCCc2ccc(Cl)cc2OCc2ccccc2)OC1=O. The van der Waals surface area contributed by atoms with Crippen LogP contribution >= 0.6 is 11.6 Å². The van der Waals surface area contributed by atoms with Crippen LogP contribution in [0.3, 0.4) is 0 Å². The lowest BCUT2D eigenvalue weighted by Crippen LogP contribution is -2.37. The number of ether oxygens (including phenoxy) is 3. The summed E-state index contributed by atoms with van der Waals surface area (Å²) in [4.78, 5) is 23.4. The van der Waals surface area contributed by atoms with Gasteiger partial charge in [-0.05, 0) is 48.9 Å². The quantitative estimate of drug-likeness (QED) is 0.343. The van der Waals surface area contributed by atoms with Crippen LogP contribution in [0.25, 0.3) is 0 Å². The van der Waals surface area contributed by atoms with Crippen molar-refractivity contribution in [3.05, 3.63) is 64.7 Å². The summed E-state index contributed by atoms with van der Waals surface area (Å²) in [5.41, 5.74) is 0.477. The van der Waals surface area contributed by atoms with Gasteiger partial charge < -0.3 is 19.3 Å². The number of benzene rings is 2. The Hall–Kier alpha value is -2.57. The number of hydrogen-bond donors (Lipinski definition) is 1. The molecule has 1 heterocycles. The molecule has 0 aromatic heterocycles. The first-order chi connectivity index (χ1) is 15.9. The Morgan fingerprint density at radius 3 is 2.67 bits per heavy atom. The first kappa shape index (κ1) is 25.1. The van der Waals surface area contributed by atoms with E-state index < -0.39 is 17.5 Å². The Labute approximate surface area is 199 Å². The second-order valence-corrected chi connectivity index (χ2v) is 8.93. The maximum absolute atomic E-state index is 11.9. The molecule has 1 N–H and O–H groups in total. The molecule has 0 radical (unpaired) electrons. The number of methoxy groups -OCH3 is 1. The standard InChI is InChI=1S/C26H31ClO6/c1-31-24(28)17-26(30)16-22(33-25(26)29)12-8-3-2-7-11-20-13-14-21(27)15-23(20)32-18-19-9-5-4-6-10-19/h4-6,9-10,13-15,22,30H,2-3,7-8,11-12,16-18H2,1H3/t22-,26+/m1/s1. The third-order valence-electron chi connectivity index (χ3n) is 5.87. The second-order valence-electron chi connectivity index (χ2n) is 8.50. The van der Waals surface area contributed by atoms with E-state index in [9.17, 15) is 14.7 Å². The van der Waals surface area contributed by atoms with Crippen LogP contribution in [0.5, 0.6) is 5.75 Å². The van der Waals surface area contributed by atoms with Gasteiger partial charge in [-0.1, -0.05) is 60.8 Å². The van der Waals surface area contributed by atoms with Gasteiger partial charge in [-0.15, -0.1) is 0 Å². The van der Waals surface area contributed by atoms with Crippen molar-refractivity contribution >= 4 is 23.5 Å². The summed E-state index contributed by atoms with van der Waals surface area (Å²) in [5, 5.41) is 11.0. The van der Waals surface area contributed by atoms with Gasteiger partial charge >= 0.3 is 11.9 Å². The molecule has 1 aliphatic rings. The fraction of sp³-hybridized carbons (Fsp3) is 0.462. The number of aryl methyl sites for hydroxylation is 1. The molecule has 3 rings (SSSR count). The number of halogens is 1. The zero-order valence-corrected chi connectivity index (χ0v) is 19.7. The maximum Gasteiger partial charge on any atom is 0.339 e. The molecule has 33 heavy (non-hydrogen) atoms. The van der Waals surface area contributed by atoms with Gasteiger partial charge in [0.2, 0.25) is 0 Å². The van der Waals surface area contributed by atoms with Crippen LogP contribution in [0.2, 0.25) is 5.02 Å². The van der Waals surface area contributed by atoms with Crippen molar-refractivity contribution in [3.63, 3.8) is 0 Å². The van der Waals surface area contributed by atoms with E-state index in [0.29, 0.717) is 18.1 Å². The molecule has 0 bridgehead atoms. The van der Waals surface area contributed by atoms with Gasteiger partial charge in [-0.3, -0.25) is 4.79 Å². The molecule has 178 valence electrons. The average molecular weight is 475 g/mol. The minimum atomic E-state index is -1.76. The van der Waals surface area contributed by atoms with Crippen molar-refractivity contribution in [2.75, 3.05) is 7.11 Å². The van der Waals surface area contributed by atoms with Crippen molar-refractivity contribution in [1.82, 2.24) is 0 Å². The van der Waals surface area contributed by atoms with Crippen LogP contribution in [0, 0.1) is 0 Å². The fourth-order valence-corrected chi connectivity index (χ4v) is 4.19. The second kappa shape index (κ2) is 12.1. The van der Waals surface area contributed by atoms with E-state index in [-0.39, 0.29) is 18.9 Å². The lowest BCUT2D eigenvalue weighted by molar-refractivity contribution is -0.161. The number of esters is 2. The van der Waals surface area contributed by atoms with Crippen LogP contribution in [-0.2, 0) is 32.1 Å². The summed E-state index contributed by atoms with van der Waals surface area (Å²) in [6, 6.07) is 15.8. The number of cyclic esters (lactones) is 1. The molecule has 0 amide bonds. The van der Waals surface area contributed by atoms with Gasteiger partial charge in [-0.2, -0.15) is 0 Å².